The normalized spacial score (nSPS) is 39.0. The van der Waals surface area contributed by atoms with Crippen molar-refractivity contribution in [2.75, 3.05) is 13.2 Å². The molecule has 0 spiro atoms. The first kappa shape index (κ1) is 20.2. The van der Waals surface area contributed by atoms with E-state index in [2.05, 4.69) is 6.58 Å². The highest BCUT2D eigenvalue weighted by molar-refractivity contribution is 4.99. The topological polar surface area (TPSA) is 55.4 Å². The van der Waals surface area contributed by atoms with E-state index in [0.29, 0.717) is 19.6 Å². The Labute approximate surface area is 154 Å². The van der Waals surface area contributed by atoms with Gasteiger partial charge in [0, 0.05) is 6.61 Å². The van der Waals surface area contributed by atoms with Crippen molar-refractivity contribution in [3.63, 3.8) is 0 Å². The number of hydrogen-bond acceptors (Lipinski definition) is 6. The average Bonchev–Trinajstić information content (AvgIpc) is 2.90. The smallest absolute Gasteiger partial charge is 0.187 e. The van der Waals surface area contributed by atoms with Crippen LogP contribution >= 0.6 is 0 Å². The Bertz CT molecular complexity index is 496. The third-order valence-electron chi connectivity index (χ3n) is 4.86. The minimum atomic E-state index is -0.960. The third kappa shape index (κ3) is 4.64. The summed E-state index contributed by atoms with van der Waals surface area (Å²) >= 11 is 0. The molecule has 150 valence electrons. The maximum atomic E-state index is 13.2. The van der Waals surface area contributed by atoms with E-state index in [9.17, 15) is 4.39 Å². The second kappa shape index (κ2) is 7.81. The van der Waals surface area contributed by atoms with Crippen LogP contribution in [0.15, 0.2) is 12.7 Å². The molecule has 3 aliphatic rings. The van der Waals surface area contributed by atoms with E-state index in [4.69, 9.17) is 28.4 Å². The van der Waals surface area contributed by atoms with Crippen LogP contribution in [0.2, 0.25) is 0 Å². The summed E-state index contributed by atoms with van der Waals surface area (Å²) in [5.41, 5.74) is 0. The van der Waals surface area contributed by atoms with E-state index in [-0.39, 0.29) is 24.4 Å². The zero-order valence-electron chi connectivity index (χ0n) is 16.1. The number of ether oxygens (including phenoxy) is 6. The van der Waals surface area contributed by atoms with E-state index >= 15 is 0 Å². The van der Waals surface area contributed by atoms with Crippen LogP contribution in [0.3, 0.4) is 0 Å². The van der Waals surface area contributed by atoms with Crippen LogP contribution < -0.4 is 0 Å². The third-order valence-corrected chi connectivity index (χ3v) is 4.86. The molecule has 0 amide bonds. The standard InChI is InChI=1S/C19H31FO6/c1-6-12(20)9-7-8-10-21-17-16-15(25-19(4,5)26-16)14-13(23-17)11-22-18(2,3)24-14/h6,12-17H,1,7-11H2,2-5H3/t12?,13-,14-,15+,16+,17+/m1/s1. The summed E-state index contributed by atoms with van der Waals surface area (Å²) in [6, 6.07) is 0. The molecule has 7 heteroatoms. The molecule has 0 N–H and O–H groups in total. The Balaban J connectivity index is 1.58. The SMILES string of the molecule is C=CC(F)CCCCO[C@H]1O[C@@H]2COC(C)(C)O[C@H]2[C@@H]2OC(C)(C)O[C@H]12. The van der Waals surface area contributed by atoms with Crippen molar-refractivity contribution >= 4 is 0 Å². The van der Waals surface area contributed by atoms with E-state index < -0.39 is 24.0 Å². The van der Waals surface area contributed by atoms with Gasteiger partial charge in [-0.3, -0.25) is 0 Å². The number of fused-ring (bicyclic) bond motifs is 3. The minimum absolute atomic E-state index is 0.273. The Morgan fingerprint density at radius 2 is 1.77 bits per heavy atom. The lowest BCUT2D eigenvalue weighted by Crippen LogP contribution is -2.63. The second-order valence-electron chi connectivity index (χ2n) is 8.02. The maximum absolute atomic E-state index is 13.2. The van der Waals surface area contributed by atoms with Gasteiger partial charge in [0.05, 0.1) is 6.61 Å². The zero-order valence-corrected chi connectivity index (χ0v) is 16.1. The van der Waals surface area contributed by atoms with Gasteiger partial charge in [0.15, 0.2) is 17.9 Å². The number of unbranched alkanes of at least 4 members (excludes halogenated alkanes) is 1. The molecule has 0 aromatic rings. The number of allylic oxidation sites excluding steroid dienone is 1. The highest BCUT2D eigenvalue weighted by Gasteiger charge is 2.58. The van der Waals surface area contributed by atoms with Crippen molar-refractivity contribution in [2.24, 2.45) is 0 Å². The van der Waals surface area contributed by atoms with Crippen molar-refractivity contribution in [1.29, 1.82) is 0 Å². The van der Waals surface area contributed by atoms with Gasteiger partial charge in [0.1, 0.15) is 30.6 Å². The van der Waals surface area contributed by atoms with Crippen molar-refractivity contribution < 1.29 is 32.8 Å². The van der Waals surface area contributed by atoms with E-state index in [0.717, 1.165) is 12.8 Å². The van der Waals surface area contributed by atoms with Crippen LogP contribution in [-0.4, -0.2) is 61.7 Å². The lowest BCUT2D eigenvalue weighted by molar-refractivity contribution is -0.370. The summed E-state index contributed by atoms with van der Waals surface area (Å²) in [6.07, 6.45) is 0.524. The Morgan fingerprint density at radius 3 is 2.50 bits per heavy atom. The van der Waals surface area contributed by atoms with Crippen LogP contribution in [-0.2, 0) is 28.4 Å². The monoisotopic (exact) mass is 374 g/mol. The highest BCUT2D eigenvalue weighted by atomic mass is 19.1. The molecule has 0 saturated carbocycles. The van der Waals surface area contributed by atoms with Crippen LogP contribution in [0.5, 0.6) is 0 Å². The second-order valence-corrected chi connectivity index (χ2v) is 8.02. The van der Waals surface area contributed by atoms with Crippen LogP contribution in [0.25, 0.3) is 0 Å². The molecule has 0 radical (unpaired) electrons. The van der Waals surface area contributed by atoms with Gasteiger partial charge in [-0.15, -0.1) is 6.58 Å². The molecule has 1 unspecified atom stereocenters. The number of hydrogen-bond donors (Lipinski definition) is 0. The molecule has 3 heterocycles. The maximum Gasteiger partial charge on any atom is 0.187 e. The van der Waals surface area contributed by atoms with Crippen molar-refractivity contribution in [3.05, 3.63) is 12.7 Å². The summed E-state index contributed by atoms with van der Waals surface area (Å²) in [5.74, 6) is -1.42. The summed E-state index contributed by atoms with van der Waals surface area (Å²) in [7, 11) is 0. The first-order valence-electron chi connectivity index (χ1n) is 9.42. The molecular weight excluding hydrogens is 343 g/mol. The molecular formula is C19H31FO6. The Morgan fingerprint density at radius 1 is 1.08 bits per heavy atom. The molecule has 0 aliphatic carbocycles. The summed E-state index contributed by atoms with van der Waals surface area (Å²) in [5, 5.41) is 0. The molecule has 6 nitrogen and oxygen atoms in total. The molecule has 3 rings (SSSR count). The van der Waals surface area contributed by atoms with Gasteiger partial charge in [-0.2, -0.15) is 0 Å². The van der Waals surface area contributed by atoms with E-state index in [1.54, 1.807) is 0 Å². The lowest BCUT2D eigenvalue weighted by Gasteiger charge is -2.48. The predicted octanol–water partition coefficient (Wildman–Crippen LogP) is 3.09. The molecule has 6 atom stereocenters. The summed E-state index contributed by atoms with van der Waals surface area (Å²) < 4.78 is 49.1. The fourth-order valence-electron chi connectivity index (χ4n) is 3.63. The van der Waals surface area contributed by atoms with E-state index in [1.807, 2.05) is 27.7 Å². The Kier molecular flexibility index (Phi) is 6.06. The minimum Gasteiger partial charge on any atom is -0.350 e. The number of alkyl halides is 1. The molecule has 0 aromatic carbocycles. The fourth-order valence-corrected chi connectivity index (χ4v) is 3.63. The van der Waals surface area contributed by atoms with Gasteiger partial charge in [0.2, 0.25) is 0 Å². The Hall–Kier alpha value is -0.570. The molecule has 3 aliphatic heterocycles. The van der Waals surface area contributed by atoms with Crippen molar-refractivity contribution in [1.82, 2.24) is 0 Å². The van der Waals surface area contributed by atoms with Crippen LogP contribution in [0, 0.1) is 0 Å². The van der Waals surface area contributed by atoms with Gasteiger partial charge in [0.25, 0.3) is 0 Å². The van der Waals surface area contributed by atoms with Gasteiger partial charge in [-0.05, 0) is 47.0 Å². The fraction of sp³-hybridized carbons (Fsp3) is 0.895. The summed E-state index contributed by atoms with van der Waals surface area (Å²) in [6.45, 7) is 11.8. The number of rotatable bonds is 7. The highest BCUT2D eigenvalue weighted by Crippen LogP contribution is 2.42. The van der Waals surface area contributed by atoms with E-state index in [1.165, 1.54) is 6.08 Å². The van der Waals surface area contributed by atoms with Gasteiger partial charge in [-0.1, -0.05) is 6.08 Å². The molecule has 26 heavy (non-hydrogen) atoms. The van der Waals surface area contributed by atoms with Crippen molar-refractivity contribution in [3.8, 4) is 0 Å². The molecule has 3 saturated heterocycles. The number of halogens is 1. The predicted molar refractivity (Wildman–Crippen MR) is 92.3 cm³/mol. The summed E-state index contributed by atoms with van der Waals surface area (Å²) in [4.78, 5) is 0. The molecule has 0 bridgehead atoms. The zero-order chi connectivity index (χ0) is 18.9. The first-order valence-corrected chi connectivity index (χ1v) is 9.42. The van der Waals surface area contributed by atoms with Crippen molar-refractivity contribution in [2.45, 2.75) is 95.4 Å². The van der Waals surface area contributed by atoms with Gasteiger partial charge < -0.3 is 28.4 Å². The van der Waals surface area contributed by atoms with Gasteiger partial charge in [-0.25, -0.2) is 4.39 Å². The largest absolute Gasteiger partial charge is 0.350 e. The molecule has 3 fully saturated rings. The lowest BCUT2D eigenvalue weighted by atomic mass is 9.97. The molecule has 0 aromatic heterocycles. The average molecular weight is 374 g/mol. The van der Waals surface area contributed by atoms with Crippen LogP contribution in [0.1, 0.15) is 47.0 Å². The quantitative estimate of drug-likeness (QED) is 0.504. The van der Waals surface area contributed by atoms with Crippen LogP contribution in [0.4, 0.5) is 4.39 Å². The van der Waals surface area contributed by atoms with Gasteiger partial charge >= 0.3 is 0 Å². The first-order chi connectivity index (χ1) is 12.2.